The molecule has 1 heterocycles. The molecule has 2 nitrogen and oxygen atoms in total. The lowest BCUT2D eigenvalue weighted by molar-refractivity contribution is 0.251. The molecule has 0 saturated heterocycles. The van der Waals surface area contributed by atoms with Crippen molar-refractivity contribution >= 4 is 23.4 Å². The lowest BCUT2D eigenvalue weighted by atomic mass is 9.79. The van der Waals surface area contributed by atoms with Crippen LogP contribution in [0, 0.1) is 11.8 Å². The molecule has 2 rings (SSSR count). The zero-order valence-electron chi connectivity index (χ0n) is 11.9. The van der Waals surface area contributed by atoms with Crippen LogP contribution in [0.4, 0.5) is 0 Å². The summed E-state index contributed by atoms with van der Waals surface area (Å²) >= 11 is 8.07. The number of rotatable bonds is 4. The SMILES string of the molecule is CNC1CCC(C(C)C)CC1Sc1ncccc1Cl. The van der Waals surface area contributed by atoms with Gasteiger partial charge < -0.3 is 5.32 Å². The number of pyridine rings is 1. The first-order valence-electron chi connectivity index (χ1n) is 7.06. The Kier molecular flexibility index (Phi) is 5.55. The average molecular weight is 299 g/mol. The second-order valence-electron chi connectivity index (χ2n) is 5.66. The maximum Gasteiger partial charge on any atom is 0.115 e. The van der Waals surface area contributed by atoms with Crippen molar-refractivity contribution in [1.29, 1.82) is 0 Å². The van der Waals surface area contributed by atoms with E-state index in [0.717, 1.165) is 21.9 Å². The minimum atomic E-state index is 0.568. The molecule has 106 valence electrons. The molecule has 0 amide bonds. The number of thioether (sulfide) groups is 1. The summed E-state index contributed by atoms with van der Waals surface area (Å²) in [7, 11) is 2.06. The van der Waals surface area contributed by atoms with Gasteiger partial charge in [-0.3, -0.25) is 0 Å². The van der Waals surface area contributed by atoms with Crippen LogP contribution in [0.15, 0.2) is 23.4 Å². The molecule has 3 atom stereocenters. The first kappa shape index (κ1) is 15.1. The molecule has 0 radical (unpaired) electrons. The Labute approximate surface area is 125 Å². The molecule has 1 aromatic rings. The van der Waals surface area contributed by atoms with Gasteiger partial charge >= 0.3 is 0 Å². The molecule has 0 aliphatic heterocycles. The quantitative estimate of drug-likeness (QED) is 0.900. The van der Waals surface area contributed by atoms with Gasteiger partial charge in [0.25, 0.3) is 0 Å². The van der Waals surface area contributed by atoms with Crippen LogP contribution in [0.25, 0.3) is 0 Å². The van der Waals surface area contributed by atoms with Crippen molar-refractivity contribution in [3.05, 3.63) is 23.4 Å². The van der Waals surface area contributed by atoms with Gasteiger partial charge in [-0.05, 0) is 50.3 Å². The van der Waals surface area contributed by atoms with E-state index >= 15 is 0 Å². The van der Waals surface area contributed by atoms with E-state index < -0.39 is 0 Å². The maximum absolute atomic E-state index is 6.23. The van der Waals surface area contributed by atoms with E-state index in [1.807, 2.05) is 30.1 Å². The zero-order valence-corrected chi connectivity index (χ0v) is 13.5. The largest absolute Gasteiger partial charge is 0.316 e. The second kappa shape index (κ2) is 6.96. The Morgan fingerprint density at radius 2 is 2.21 bits per heavy atom. The molecular weight excluding hydrogens is 276 g/mol. The van der Waals surface area contributed by atoms with Crippen LogP contribution < -0.4 is 5.32 Å². The highest BCUT2D eigenvalue weighted by Crippen LogP contribution is 2.40. The Morgan fingerprint density at radius 3 is 2.84 bits per heavy atom. The van der Waals surface area contributed by atoms with Gasteiger partial charge in [0.2, 0.25) is 0 Å². The Hall–Kier alpha value is -0.250. The summed E-state index contributed by atoms with van der Waals surface area (Å²) in [4.78, 5) is 4.41. The lowest BCUT2D eigenvalue weighted by Gasteiger charge is -2.37. The minimum Gasteiger partial charge on any atom is -0.316 e. The van der Waals surface area contributed by atoms with Crippen molar-refractivity contribution in [3.63, 3.8) is 0 Å². The molecule has 19 heavy (non-hydrogen) atoms. The van der Waals surface area contributed by atoms with Crippen LogP contribution in [-0.4, -0.2) is 23.3 Å². The molecule has 4 heteroatoms. The van der Waals surface area contributed by atoms with Gasteiger partial charge in [-0.2, -0.15) is 0 Å². The first-order valence-corrected chi connectivity index (χ1v) is 8.32. The highest BCUT2D eigenvalue weighted by atomic mass is 35.5. The van der Waals surface area contributed by atoms with Crippen LogP contribution in [0.3, 0.4) is 0 Å². The monoisotopic (exact) mass is 298 g/mol. The third-order valence-corrected chi connectivity index (χ3v) is 5.92. The van der Waals surface area contributed by atoms with Crippen molar-refractivity contribution in [1.82, 2.24) is 10.3 Å². The lowest BCUT2D eigenvalue weighted by Crippen LogP contribution is -2.41. The van der Waals surface area contributed by atoms with E-state index in [4.69, 9.17) is 11.6 Å². The summed E-state index contributed by atoms with van der Waals surface area (Å²) in [6.45, 7) is 4.67. The Bertz CT molecular complexity index is 411. The predicted octanol–water partition coefficient (Wildman–Crippen LogP) is 4.24. The topological polar surface area (TPSA) is 24.9 Å². The number of nitrogens with zero attached hydrogens (tertiary/aromatic N) is 1. The van der Waals surface area contributed by atoms with E-state index in [1.165, 1.54) is 19.3 Å². The molecule has 0 spiro atoms. The van der Waals surface area contributed by atoms with E-state index in [0.29, 0.717) is 11.3 Å². The van der Waals surface area contributed by atoms with E-state index in [9.17, 15) is 0 Å². The molecule has 3 unspecified atom stereocenters. The fraction of sp³-hybridized carbons (Fsp3) is 0.667. The second-order valence-corrected chi connectivity index (χ2v) is 7.29. The van der Waals surface area contributed by atoms with E-state index in [2.05, 4.69) is 31.2 Å². The van der Waals surface area contributed by atoms with Gasteiger partial charge in [0, 0.05) is 17.5 Å². The number of aromatic nitrogens is 1. The fourth-order valence-corrected chi connectivity index (χ4v) is 4.45. The van der Waals surface area contributed by atoms with Crippen molar-refractivity contribution in [2.24, 2.45) is 11.8 Å². The minimum absolute atomic E-state index is 0.568. The van der Waals surface area contributed by atoms with Crippen molar-refractivity contribution in [3.8, 4) is 0 Å². The van der Waals surface area contributed by atoms with Crippen molar-refractivity contribution < 1.29 is 0 Å². The first-order chi connectivity index (χ1) is 9.11. The predicted molar refractivity (Wildman–Crippen MR) is 83.9 cm³/mol. The zero-order chi connectivity index (χ0) is 13.8. The van der Waals surface area contributed by atoms with Gasteiger partial charge in [0.1, 0.15) is 5.03 Å². The van der Waals surface area contributed by atoms with Crippen LogP contribution in [0.2, 0.25) is 5.02 Å². The van der Waals surface area contributed by atoms with Crippen LogP contribution in [-0.2, 0) is 0 Å². The van der Waals surface area contributed by atoms with E-state index in [-0.39, 0.29) is 0 Å². The van der Waals surface area contributed by atoms with Crippen molar-refractivity contribution in [2.75, 3.05) is 7.05 Å². The summed E-state index contributed by atoms with van der Waals surface area (Å²) in [6.07, 6.45) is 5.66. The molecule has 1 aromatic heterocycles. The summed E-state index contributed by atoms with van der Waals surface area (Å²) in [5, 5.41) is 5.77. The highest BCUT2D eigenvalue weighted by molar-refractivity contribution is 8.00. The number of hydrogen-bond donors (Lipinski definition) is 1. The maximum atomic E-state index is 6.23. The summed E-state index contributed by atoms with van der Waals surface area (Å²) in [5.74, 6) is 1.59. The van der Waals surface area contributed by atoms with Gasteiger partial charge in [0.15, 0.2) is 0 Å². The van der Waals surface area contributed by atoms with E-state index in [1.54, 1.807) is 0 Å². The summed E-state index contributed by atoms with van der Waals surface area (Å²) < 4.78 is 0. The smallest absolute Gasteiger partial charge is 0.115 e. The normalized spacial score (nSPS) is 27.7. The summed E-state index contributed by atoms with van der Waals surface area (Å²) in [5.41, 5.74) is 0. The molecular formula is C15H23ClN2S. The van der Waals surface area contributed by atoms with Gasteiger partial charge in [-0.25, -0.2) is 4.98 Å². The Morgan fingerprint density at radius 1 is 1.42 bits per heavy atom. The van der Waals surface area contributed by atoms with Crippen LogP contribution >= 0.6 is 23.4 Å². The van der Waals surface area contributed by atoms with Gasteiger partial charge in [-0.15, -0.1) is 0 Å². The number of nitrogens with one attached hydrogen (secondary N) is 1. The summed E-state index contributed by atoms with van der Waals surface area (Å²) in [6, 6.07) is 4.38. The van der Waals surface area contributed by atoms with Gasteiger partial charge in [0.05, 0.1) is 5.02 Å². The van der Waals surface area contributed by atoms with Crippen molar-refractivity contribution in [2.45, 2.75) is 49.4 Å². The van der Waals surface area contributed by atoms with Crippen LogP contribution in [0.1, 0.15) is 33.1 Å². The Balaban J connectivity index is 2.08. The molecule has 1 saturated carbocycles. The molecule has 1 fully saturated rings. The number of hydrogen-bond acceptors (Lipinski definition) is 3. The van der Waals surface area contributed by atoms with Gasteiger partial charge in [-0.1, -0.05) is 37.2 Å². The fourth-order valence-electron chi connectivity index (χ4n) is 2.83. The molecule has 0 bridgehead atoms. The third kappa shape index (κ3) is 3.87. The standard InChI is InChI=1S/C15H23ClN2S/c1-10(2)11-6-7-13(17-3)14(9-11)19-15-12(16)5-4-8-18-15/h4-5,8,10-11,13-14,17H,6-7,9H2,1-3H3. The molecule has 1 aliphatic carbocycles. The number of halogens is 1. The average Bonchev–Trinajstić information content (AvgIpc) is 2.41. The van der Waals surface area contributed by atoms with Crippen LogP contribution in [0.5, 0.6) is 0 Å². The highest BCUT2D eigenvalue weighted by Gasteiger charge is 2.32. The molecule has 0 aromatic carbocycles. The third-order valence-electron chi connectivity index (χ3n) is 4.13. The molecule has 1 aliphatic rings. The molecule has 1 N–H and O–H groups in total.